The molecule has 0 aliphatic carbocycles. The molecule has 1 aliphatic rings. The molecule has 1 heterocycles. The van der Waals surface area contributed by atoms with Gasteiger partial charge in [0.25, 0.3) is 0 Å². The van der Waals surface area contributed by atoms with Crippen LogP contribution in [0.4, 0.5) is 10.1 Å². The first kappa shape index (κ1) is 14.8. The van der Waals surface area contributed by atoms with Crippen molar-refractivity contribution in [2.45, 2.75) is 39.3 Å². The van der Waals surface area contributed by atoms with Crippen molar-refractivity contribution in [1.29, 1.82) is 0 Å². The molecule has 1 aliphatic heterocycles. The number of nitrogens with zero attached hydrogens (tertiary/aromatic N) is 1. The van der Waals surface area contributed by atoms with E-state index in [0.717, 1.165) is 24.0 Å². The smallest absolute Gasteiger partial charge is 0.147 e. The summed E-state index contributed by atoms with van der Waals surface area (Å²) in [4.78, 5) is 2.19. The second-order valence-corrected chi connectivity index (χ2v) is 6.17. The van der Waals surface area contributed by atoms with E-state index in [4.69, 9.17) is 0 Å². The van der Waals surface area contributed by atoms with Gasteiger partial charge in [-0.3, -0.25) is 0 Å². The van der Waals surface area contributed by atoms with E-state index >= 15 is 0 Å². The van der Waals surface area contributed by atoms with E-state index < -0.39 is 0 Å². The molecule has 0 radical (unpaired) electrons. The molecule has 1 aromatic rings. The highest BCUT2D eigenvalue weighted by molar-refractivity contribution is 9.10. The van der Waals surface area contributed by atoms with Gasteiger partial charge in [-0.1, -0.05) is 19.9 Å². The Morgan fingerprint density at radius 2 is 2.16 bits per heavy atom. The van der Waals surface area contributed by atoms with Crippen LogP contribution in [0.1, 0.15) is 27.2 Å². The fraction of sp³-hybridized carbons (Fsp3) is 0.600. The third-order valence-electron chi connectivity index (χ3n) is 4.26. The molecule has 3 atom stereocenters. The number of benzene rings is 1. The van der Waals surface area contributed by atoms with Gasteiger partial charge in [0.15, 0.2) is 0 Å². The molecular formula is C15H22BrFN2. The Kier molecular flexibility index (Phi) is 4.85. The Morgan fingerprint density at radius 3 is 2.79 bits per heavy atom. The van der Waals surface area contributed by atoms with Crippen molar-refractivity contribution in [3.8, 4) is 0 Å². The fourth-order valence-electron chi connectivity index (χ4n) is 2.99. The second kappa shape index (κ2) is 6.23. The third kappa shape index (κ3) is 2.95. The predicted molar refractivity (Wildman–Crippen MR) is 82.2 cm³/mol. The van der Waals surface area contributed by atoms with Gasteiger partial charge in [0.05, 0.1) is 5.69 Å². The molecule has 2 nitrogen and oxygen atoms in total. The number of nitrogens with one attached hydrogen (secondary N) is 1. The van der Waals surface area contributed by atoms with Gasteiger partial charge in [-0.05, 0) is 53.9 Å². The van der Waals surface area contributed by atoms with Crippen molar-refractivity contribution < 1.29 is 4.39 Å². The molecule has 0 aromatic heterocycles. The Hall–Kier alpha value is -0.610. The maximum Gasteiger partial charge on any atom is 0.147 e. The molecule has 106 valence electrons. The van der Waals surface area contributed by atoms with E-state index in [2.05, 4.69) is 46.9 Å². The Balaban J connectivity index is 2.23. The van der Waals surface area contributed by atoms with Crippen LogP contribution in [-0.2, 0) is 0 Å². The molecule has 0 saturated carbocycles. The van der Waals surface area contributed by atoms with Crippen LogP contribution < -0.4 is 10.2 Å². The molecule has 19 heavy (non-hydrogen) atoms. The summed E-state index contributed by atoms with van der Waals surface area (Å²) < 4.78 is 14.9. The number of hydrogen-bond acceptors (Lipinski definition) is 2. The number of hydrogen-bond donors (Lipinski definition) is 1. The molecule has 1 aromatic carbocycles. The molecule has 0 spiro atoms. The van der Waals surface area contributed by atoms with E-state index in [1.54, 1.807) is 6.07 Å². The lowest BCUT2D eigenvalue weighted by Gasteiger charge is -2.44. The van der Waals surface area contributed by atoms with Crippen molar-refractivity contribution in [2.75, 3.05) is 18.0 Å². The number of piperidine rings is 1. The van der Waals surface area contributed by atoms with Crippen LogP contribution in [0.2, 0.25) is 0 Å². The minimum absolute atomic E-state index is 0.143. The van der Waals surface area contributed by atoms with Crippen LogP contribution in [0.15, 0.2) is 22.7 Å². The van der Waals surface area contributed by atoms with Crippen LogP contribution in [-0.4, -0.2) is 25.2 Å². The van der Waals surface area contributed by atoms with Crippen molar-refractivity contribution in [2.24, 2.45) is 5.92 Å². The van der Waals surface area contributed by atoms with Gasteiger partial charge in [-0.25, -0.2) is 4.39 Å². The summed E-state index contributed by atoms with van der Waals surface area (Å²) in [6, 6.07) is 6.04. The third-order valence-corrected chi connectivity index (χ3v) is 4.90. The van der Waals surface area contributed by atoms with Gasteiger partial charge in [0, 0.05) is 23.1 Å². The van der Waals surface area contributed by atoms with Crippen molar-refractivity contribution >= 4 is 21.6 Å². The van der Waals surface area contributed by atoms with E-state index in [9.17, 15) is 4.39 Å². The topological polar surface area (TPSA) is 15.3 Å². The second-order valence-electron chi connectivity index (χ2n) is 5.32. The molecular weight excluding hydrogens is 307 g/mol. The minimum atomic E-state index is -0.143. The monoisotopic (exact) mass is 328 g/mol. The van der Waals surface area contributed by atoms with Gasteiger partial charge in [-0.15, -0.1) is 0 Å². The van der Waals surface area contributed by atoms with Crippen molar-refractivity contribution in [3.63, 3.8) is 0 Å². The maximum atomic E-state index is 14.1. The Bertz CT molecular complexity index is 418. The average molecular weight is 329 g/mol. The number of halogens is 2. The zero-order chi connectivity index (χ0) is 14.0. The highest BCUT2D eigenvalue weighted by atomic mass is 79.9. The first-order valence-electron chi connectivity index (χ1n) is 7.00. The average Bonchev–Trinajstić information content (AvgIpc) is 2.37. The van der Waals surface area contributed by atoms with E-state index in [1.807, 2.05) is 6.07 Å². The lowest BCUT2D eigenvalue weighted by molar-refractivity contribution is 0.272. The zero-order valence-electron chi connectivity index (χ0n) is 11.8. The van der Waals surface area contributed by atoms with Gasteiger partial charge < -0.3 is 10.2 Å². The van der Waals surface area contributed by atoms with Crippen molar-refractivity contribution in [3.05, 3.63) is 28.5 Å². The van der Waals surface area contributed by atoms with E-state index in [0.29, 0.717) is 23.7 Å². The minimum Gasteiger partial charge on any atom is -0.365 e. The quantitative estimate of drug-likeness (QED) is 0.907. The molecule has 1 fully saturated rings. The number of para-hydroxylation sites is 1. The van der Waals surface area contributed by atoms with Crippen LogP contribution in [0.5, 0.6) is 0 Å². The summed E-state index contributed by atoms with van der Waals surface area (Å²) in [7, 11) is 0. The first-order chi connectivity index (χ1) is 9.06. The molecule has 3 unspecified atom stereocenters. The highest BCUT2D eigenvalue weighted by Crippen LogP contribution is 2.35. The van der Waals surface area contributed by atoms with Gasteiger partial charge >= 0.3 is 0 Å². The van der Waals surface area contributed by atoms with Crippen LogP contribution in [0, 0.1) is 11.7 Å². The standard InChI is InChI=1S/C15H22BrFN2/c1-4-18-14-8-9-19(11(3)10(14)2)15-12(16)6-5-7-13(15)17/h5-7,10-11,14,18H,4,8-9H2,1-3H3. The van der Waals surface area contributed by atoms with Gasteiger partial charge in [0.2, 0.25) is 0 Å². The predicted octanol–water partition coefficient (Wildman–Crippen LogP) is 3.80. The largest absolute Gasteiger partial charge is 0.365 e. The van der Waals surface area contributed by atoms with Crippen LogP contribution >= 0.6 is 15.9 Å². The summed E-state index contributed by atoms with van der Waals surface area (Å²) in [6.07, 6.45) is 1.06. The zero-order valence-corrected chi connectivity index (χ0v) is 13.4. The molecule has 0 bridgehead atoms. The van der Waals surface area contributed by atoms with Crippen LogP contribution in [0.25, 0.3) is 0 Å². The molecule has 1 saturated heterocycles. The molecule has 0 amide bonds. The molecule has 1 N–H and O–H groups in total. The summed E-state index contributed by atoms with van der Waals surface area (Å²) in [5, 5.41) is 3.53. The lowest BCUT2D eigenvalue weighted by atomic mass is 9.86. The Morgan fingerprint density at radius 1 is 1.42 bits per heavy atom. The lowest BCUT2D eigenvalue weighted by Crippen LogP contribution is -2.53. The summed E-state index contributed by atoms with van der Waals surface area (Å²) in [5.41, 5.74) is 0.705. The molecule has 4 heteroatoms. The SMILES string of the molecule is CCNC1CCN(c2c(F)cccc2Br)C(C)C1C. The van der Waals surface area contributed by atoms with Gasteiger partial charge in [-0.2, -0.15) is 0 Å². The van der Waals surface area contributed by atoms with Gasteiger partial charge in [0.1, 0.15) is 5.82 Å². The van der Waals surface area contributed by atoms with E-state index in [-0.39, 0.29) is 5.82 Å². The normalized spacial score (nSPS) is 27.6. The summed E-state index contributed by atoms with van der Waals surface area (Å²) >= 11 is 3.48. The molecule has 2 rings (SSSR count). The maximum absolute atomic E-state index is 14.1. The summed E-state index contributed by atoms with van der Waals surface area (Å²) in [6.45, 7) is 8.46. The number of anilines is 1. The van der Waals surface area contributed by atoms with Crippen LogP contribution in [0.3, 0.4) is 0 Å². The fourth-order valence-corrected chi connectivity index (χ4v) is 3.56. The first-order valence-corrected chi connectivity index (χ1v) is 7.79. The number of rotatable bonds is 3. The Labute approximate surface area is 123 Å². The van der Waals surface area contributed by atoms with E-state index in [1.165, 1.54) is 6.07 Å². The highest BCUT2D eigenvalue weighted by Gasteiger charge is 2.33. The summed E-state index contributed by atoms with van der Waals surface area (Å²) in [5.74, 6) is 0.357. The van der Waals surface area contributed by atoms with Crippen molar-refractivity contribution in [1.82, 2.24) is 5.32 Å².